The van der Waals surface area contributed by atoms with Crippen LogP contribution in [0.25, 0.3) is 0 Å². The minimum atomic E-state index is -0.422. The molecule has 2 N–H and O–H groups in total. The molecule has 0 spiro atoms. The summed E-state index contributed by atoms with van der Waals surface area (Å²) in [6.07, 6.45) is 2.69. The molecule has 0 saturated carbocycles. The van der Waals surface area contributed by atoms with E-state index in [9.17, 15) is 4.79 Å². The summed E-state index contributed by atoms with van der Waals surface area (Å²) in [5, 5.41) is 0. The molecule has 0 amide bonds. The van der Waals surface area contributed by atoms with Crippen LogP contribution >= 0.6 is 0 Å². The monoisotopic (exact) mass is 249 g/mol. The smallest absolute Gasteiger partial charge is 0.340 e. The first-order valence-corrected chi connectivity index (χ1v) is 6.02. The summed E-state index contributed by atoms with van der Waals surface area (Å²) in [7, 11) is 1.35. The number of nitrogens with two attached hydrogens (primary N) is 1. The van der Waals surface area contributed by atoms with Gasteiger partial charge in [0.2, 0.25) is 0 Å². The number of carbonyl (C=O) groups excluding carboxylic acids is 1. The lowest BCUT2D eigenvalue weighted by Gasteiger charge is -2.22. The van der Waals surface area contributed by atoms with Gasteiger partial charge in [0, 0.05) is 19.3 Å². The lowest BCUT2D eigenvalue weighted by molar-refractivity contribution is 0.0602. The quantitative estimate of drug-likeness (QED) is 0.808. The topological polar surface area (TPSA) is 68.5 Å². The number of esters is 1. The van der Waals surface area contributed by atoms with Crippen LogP contribution in [-0.4, -0.2) is 31.2 Å². The van der Waals surface area contributed by atoms with E-state index in [1.807, 2.05) is 0 Å². The number of hydrogen-bond acceptors (Lipinski definition) is 5. The molecule has 5 heteroatoms. The summed E-state index contributed by atoms with van der Waals surface area (Å²) in [5.74, 6) is 0.262. The number of nitrogens with zero attached hydrogens (tertiary/aromatic N) is 2. The van der Waals surface area contributed by atoms with Crippen LogP contribution in [-0.2, 0) is 4.74 Å². The third-order valence-corrected chi connectivity index (χ3v) is 3.35. The highest BCUT2D eigenvalue weighted by Crippen LogP contribution is 2.34. The van der Waals surface area contributed by atoms with E-state index in [1.54, 1.807) is 12.3 Å². The van der Waals surface area contributed by atoms with Crippen molar-refractivity contribution in [1.29, 1.82) is 0 Å². The lowest BCUT2D eigenvalue weighted by Crippen LogP contribution is -2.25. The van der Waals surface area contributed by atoms with Gasteiger partial charge in [-0.2, -0.15) is 0 Å². The van der Waals surface area contributed by atoms with Gasteiger partial charge in [-0.3, -0.25) is 0 Å². The van der Waals surface area contributed by atoms with Gasteiger partial charge < -0.3 is 15.4 Å². The number of pyridine rings is 1. The van der Waals surface area contributed by atoms with Crippen LogP contribution < -0.4 is 10.6 Å². The molecule has 2 heterocycles. The molecule has 1 aromatic rings. The highest BCUT2D eigenvalue weighted by molar-refractivity contribution is 5.97. The molecule has 5 nitrogen and oxygen atoms in total. The zero-order valence-corrected chi connectivity index (χ0v) is 11.1. The predicted molar refractivity (Wildman–Crippen MR) is 70.6 cm³/mol. The van der Waals surface area contributed by atoms with E-state index in [2.05, 4.69) is 23.7 Å². The van der Waals surface area contributed by atoms with Gasteiger partial charge in [-0.25, -0.2) is 9.78 Å². The molecule has 0 aromatic carbocycles. The fourth-order valence-corrected chi connectivity index (χ4v) is 2.30. The van der Waals surface area contributed by atoms with Crippen molar-refractivity contribution in [1.82, 2.24) is 4.98 Å². The van der Waals surface area contributed by atoms with Crippen molar-refractivity contribution in [2.24, 2.45) is 5.41 Å². The Bertz CT molecular complexity index is 471. The fraction of sp³-hybridized carbons (Fsp3) is 0.538. The molecule has 98 valence electrons. The first-order valence-electron chi connectivity index (χ1n) is 6.02. The predicted octanol–water partition coefficient (Wildman–Crippen LogP) is 1.69. The van der Waals surface area contributed by atoms with Crippen LogP contribution in [0.3, 0.4) is 0 Å². The Hall–Kier alpha value is -1.78. The van der Waals surface area contributed by atoms with Crippen molar-refractivity contribution < 1.29 is 9.53 Å². The molecule has 0 atom stereocenters. The molecule has 1 aliphatic heterocycles. The summed E-state index contributed by atoms with van der Waals surface area (Å²) >= 11 is 0. The molecule has 2 rings (SSSR count). The Balaban J connectivity index is 2.32. The maximum atomic E-state index is 11.6. The fourth-order valence-electron chi connectivity index (χ4n) is 2.30. The zero-order valence-electron chi connectivity index (χ0n) is 11.1. The van der Waals surface area contributed by atoms with E-state index in [4.69, 9.17) is 10.5 Å². The van der Waals surface area contributed by atoms with Gasteiger partial charge in [-0.05, 0) is 17.9 Å². The standard InChI is InChI=1S/C13H19N3O2/c1-13(2)5-7-16(8-13)11-10(14)9(4-6-15-11)12(17)18-3/h4,6H,5,7-8,14H2,1-3H3. The largest absolute Gasteiger partial charge is 0.465 e. The number of aromatic nitrogens is 1. The number of nitrogen functional groups attached to an aromatic ring is 1. The normalized spacial score (nSPS) is 17.8. The molecule has 0 aliphatic carbocycles. The van der Waals surface area contributed by atoms with Crippen molar-refractivity contribution in [3.63, 3.8) is 0 Å². The van der Waals surface area contributed by atoms with E-state index in [-0.39, 0.29) is 5.41 Å². The molecular formula is C13H19N3O2. The van der Waals surface area contributed by atoms with E-state index in [0.717, 1.165) is 19.5 Å². The van der Waals surface area contributed by atoms with Gasteiger partial charge >= 0.3 is 5.97 Å². The van der Waals surface area contributed by atoms with Crippen molar-refractivity contribution in [2.75, 3.05) is 30.8 Å². The van der Waals surface area contributed by atoms with Crippen LogP contribution in [0.15, 0.2) is 12.3 Å². The minimum absolute atomic E-state index is 0.259. The third-order valence-electron chi connectivity index (χ3n) is 3.35. The number of rotatable bonds is 2. The SMILES string of the molecule is COC(=O)c1ccnc(N2CCC(C)(C)C2)c1N. The maximum Gasteiger partial charge on any atom is 0.340 e. The van der Waals surface area contributed by atoms with Crippen LogP contribution in [0.4, 0.5) is 11.5 Å². The number of hydrogen-bond donors (Lipinski definition) is 1. The highest BCUT2D eigenvalue weighted by Gasteiger charge is 2.31. The molecule has 1 saturated heterocycles. The molecule has 0 unspecified atom stereocenters. The molecule has 0 radical (unpaired) electrons. The van der Waals surface area contributed by atoms with Gasteiger partial charge in [0.05, 0.1) is 18.4 Å². The molecule has 1 aliphatic rings. The van der Waals surface area contributed by atoms with Crippen LogP contribution in [0.2, 0.25) is 0 Å². The molecule has 1 fully saturated rings. The Morgan fingerprint density at radius 1 is 1.56 bits per heavy atom. The number of carbonyl (C=O) groups is 1. The van der Waals surface area contributed by atoms with Crippen molar-refractivity contribution >= 4 is 17.5 Å². The minimum Gasteiger partial charge on any atom is -0.465 e. The van der Waals surface area contributed by atoms with Gasteiger partial charge in [-0.1, -0.05) is 13.8 Å². The third kappa shape index (κ3) is 2.25. The lowest BCUT2D eigenvalue weighted by atomic mass is 9.93. The zero-order chi connectivity index (χ0) is 13.3. The Kier molecular flexibility index (Phi) is 3.15. The van der Waals surface area contributed by atoms with Crippen LogP contribution in [0.5, 0.6) is 0 Å². The van der Waals surface area contributed by atoms with E-state index < -0.39 is 5.97 Å². The van der Waals surface area contributed by atoms with Crippen LogP contribution in [0.1, 0.15) is 30.6 Å². The van der Waals surface area contributed by atoms with Gasteiger partial charge in [0.1, 0.15) is 0 Å². The van der Waals surface area contributed by atoms with E-state index in [0.29, 0.717) is 17.1 Å². The molecule has 0 bridgehead atoms. The average molecular weight is 249 g/mol. The number of anilines is 2. The van der Waals surface area contributed by atoms with Crippen LogP contribution in [0, 0.1) is 5.41 Å². The van der Waals surface area contributed by atoms with Gasteiger partial charge in [-0.15, -0.1) is 0 Å². The summed E-state index contributed by atoms with van der Waals surface area (Å²) in [6, 6.07) is 1.59. The summed E-state index contributed by atoms with van der Waals surface area (Å²) in [6.45, 7) is 6.24. The number of ether oxygens (including phenoxy) is 1. The Morgan fingerprint density at radius 3 is 2.83 bits per heavy atom. The highest BCUT2D eigenvalue weighted by atomic mass is 16.5. The second-order valence-electron chi connectivity index (χ2n) is 5.42. The van der Waals surface area contributed by atoms with Gasteiger partial charge in [0.15, 0.2) is 5.82 Å². The Labute approximate surface area is 107 Å². The summed E-state index contributed by atoms with van der Waals surface area (Å²) in [4.78, 5) is 18.0. The van der Waals surface area contributed by atoms with Crippen molar-refractivity contribution in [3.8, 4) is 0 Å². The van der Waals surface area contributed by atoms with E-state index >= 15 is 0 Å². The number of methoxy groups -OCH3 is 1. The van der Waals surface area contributed by atoms with Crippen molar-refractivity contribution in [3.05, 3.63) is 17.8 Å². The van der Waals surface area contributed by atoms with Gasteiger partial charge in [0.25, 0.3) is 0 Å². The van der Waals surface area contributed by atoms with Crippen molar-refractivity contribution in [2.45, 2.75) is 20.3 Å². The summed E-state index contributed by atoms with van der Waals surface area (Å²) in [5.41, 5.74) is 7.07. The second kappa shape index (κ2) is 4.48. The average Bonchev–Trinajstić information content (AvgIpc) is 2.69. The molecule has 18 heavy (non-hydrogen) atoms. The second-order valence-corrected chi connectivity index (χ2v) is 5.42. The first kappa shape index (κ1) is 12.7. The Morgan fingerprint density at radius 2 is 2.28 bits per heavy atom. The molecule has 1 aromatic heterocycles. The van der Waals surface area contributed by atoms with E-state index in [1.165, 1.54) is 7.11 Å². The first-order chi connectivity index (χ1) is 8.44. The molecular weight excluding hydrogens is 230 g/mol. The summed E-state index contributed by atoms with van der Waals surface area (Å²) < 4.78 is 4.71. The maximum absolute atomic E-state index is 11.6.